The van der Waals surface area contributed by atoms with Gasteiger partial charge < -0.3 is 10.1 Å². The van der Waals surface area contributed by atoms with Gasteiger partial charge in [0.25, 0.3) is 0 Å². The van der Waals surface area contributed by atoms with Crippen molar-refractivity contribution < 1.29 is 4.74 Å². The van der Waals surface area contributed by atoms with Crippen molar-refractivity contribution in [3.8, 4) is 0 Å². The number of methoxy groups -OCH3 is 1. The maximum atomic E-state index is 5.10. The van der Waals surface area contributed by atoms with Gasteiger partial charge in [0, 0.05) is 24.9 Å². The Morgan fingerprint density at radius 1 is 1.38 bits per heavy atom. The van der Waals surface area contributed by atoms with Crippen molar-refractivity contribution in [1.82, 2.24) is 15.1 Å². The highest BCUT2D eigenvalue weighted by Crippen LogP contribution is 2.12. The fraction of sp³-hybridized carbons (Fsp3) is 0.750. The van der Waals surface area contributed by atoms with E-state index in [0.717, 1.165) is 18.8 Å². The molecule has 0 saturated heterocycles. The monoisotopic (exact) mass is 225 g/mol. The number of hydrogen-bond donors (Lipinski definition) is 1. The maximum Gasteiger partial charge on any atom is 0.139 e. The predicted octanol–water partition coefficient (Wildman–Crippen LogP) is 1.85. The number of nitrogens with one attached hydrogen (secondary N) is 1. The molecule has 1 N–H and O–H groups in total. The van der Waals surface area contributed by atoms with Gasteiger partial charge in [-0.1, -0.05) is 13.8 Å². The molecular formula is C12H23N3O. The van der Waals surface area contributed by atoms with Crippen LogP contribution in [0.25, 0.3) is 0 Å². The van der Waals surface area contributed by atoms with Crippen molar-refractivity contribution in [2.24, 2.45) is 5.92 Å². The molecule has 16 heavy (non-hydrogen) atoms. The van der Waals surface area contributed by atoms with E-state index in [4.69, 9.17) is 4.74 Å². The molecule has 0 bridgehead atoms. The van der Waals surface area contributed by atoms with Gasteiger partial charge in [0.1, 0.15) is 6.73 Å². The van der Waals surface area contributed by atoms with Gasteiger partial charge in [-0.25, -0.2) is 4.68 Å². The molecule has 1 aromatic rings. The number of ether oxygens (including phenoxy) is 1. The molecule has 0 unspecified atom stereocenters. The van der Waals surface area contributed by atoms with Crippen LogP contribution in [-0.4, -0.2) is 23.4 Å². The van der Waals surface area contributed by atoms with Crippen molar-refractivity contribution in [3.63, 3.8) is 0 Å². The van der Waals surface area contributed by atoms with Gasteiger partial charge in [0.2, 0.25) is 0 Å². The summed E-state index contributed by atoms with van der Waals surface area (Å²) in [5.74, 6) is 0.676. The van der Waals surface area contributed by atoms with Crippen molar-refractivity contribution in [2.75, 3.05) is 13.7 Å². The van der Waals surface area contributed by atoms with Crippen LogP contribution >= 0.6 is 0 Å². The van der Waals surface area contributed by atoms with Gasteiger partial charge >= 0.3 is 0 Å². The number of hydrogen-bond acceptors (Lipinski definition) is 3. The standard InChI is InChI=1S/C12H23N3O/c1-9(2)6-13-7-12-10(3)14-15(8-16-5)11(12)4/h9,13H,6-8H2,1-5H3. The first kappa shape index (κ1) is 13.2. The van der Waals surface area contributed by atoms with E-state index in [0.29, 0.717) is 12.6 Å². The van der Waals surface area contributed by atoms with E-state index >= 15 is 0 Å². The zero-order valence-corrected chi connectivity index (χ0v) is 11.0. The molecule has 1 heterocycles. The zero-order chi connectivity index (χ0) is 12.1. The number of nitrogens with zero attached hydrogens (tertiary/aromatic N) is 2. The molecule has 0 fully saturated rings. The topological polar surface area (TPSA) is 39.1 Å². The summed E-state index contributed by atoms with van der Waals surface area (Å²) in [7, 11) is 1.69. The molecule has 1 rings (SSSR count). The Morgan fingerprint density at radius 3 is 2.62 bits per heavy atom. The first-order valence-corrected chi connectivity index (χ1v) is 5.78. The van der Waals surface area contributed by atoms with E-state index in [-0.39, 0.29) is 0 Å². The highest BCUT2D eigenvalue weighted by Gasteiger charge is 2.10. The van der Waals surface area contributed by atoms with Crippen LogP contribution in [0.2, 0.25) is 0 Å². The smallest absolute Gasteiger partial charge is 0.139 e. The van der Waals surface area contributed by atoms with E-state index in [9.17, 15) is 0 Å². The maximum absolute atomic E-state index is 5.10. The van der Waals surface area contributed by atoms with Crippen LogP contribution < -0.4 is 5.32 Å². The third-order valence-corrected chi connectivity index (χ3v) is 2.64. The summed E-state index contributed by atoms with van der Waals surface area (Å²) in [4.78, 5) is 0. The van der Waals surface area contributed by atoms with E-state index < -0.39 is 0 Å². The van der Waals surface area contributed by atoms with Crippen molar-refractivity contribution in [3.05, 3.63) is 17.0 Å². The Kier molecular flexibility index (Phi) is 4.96. The van der Waals surface area contributed by atoms with Crippen molar-refractivity contribution >= 4 is 0 Å². The lowest BCUT2D eigenvalue weighted by atomic mass is 10.2. The van der Waals surface area contributed by atoms with E-state index in [2.05, 4.69) is 31.2 Å². The van der Waals surface area contributed by atoms with Crippen LogP contribution in [0.15, 0.2) is 0 Å². The summed E-state index contributed by atoms with van der Waals surface area (Å²) in [6, 6.07) is 0. The normalized spacial score (nSPS) is 11.4. The Hall–Kier alpha value is -0.870. The quantitative estimate of drug-likeness (QED) is 0.803. The average Bonchev–Trinajstić information content (AvgIpc) is 2.45. The highest BCUT2D eigenvalue weighted by atomic mass is 16.5. The van der Waals surface area contributed by atoms with E-state index in [1.165, 1.54) is 11.3 Å². The molecule has 0 amide bonds. The molecule has 0 aliphatic rings. The Bertz CT molecular complexity index is 331. The second-order valence-electron chi connectivity index (χ2n) is 4.59. The minimum Gasteiger partial charge on any atom is -0.362 e. The molecule has 0 aliphatic carbocycles. The molecule has 0 aliphatic heterocycles. The second kappa shape index (κ2) is 6.01. The van der Waals surface area contributed by atoms with E-state index in [1.54, 1.807) is 7.11 Å². The van der Waals surface area contributed by atoms with Crippen LogP contribution in [0, 0.1) is 19.8 Å². The molecule has 0 spiro atoms. The molecule has 92 valence electrons. The summed E-state index contributed by atoms with van der Waals surface area (Å²) in [6.07, 6.45) is 0. The van der Waals surface area contributed by atoms with Crippen LogP contribution in [0.4, 0.5) is 0 Å². The van der Waals surface area contributed by atoms with Crippen LogP contribution in [0.3, 0.4) is 0 Å². The minimum atomic E-state index is 0.525. The molecule has 4 heteroatoms. The second-order valence-corrected chi connectivity index (χ2v) is 4.59. The van der Waals surface area contributed by atoms with Gasteiger partial charge in [-0.3, -0.25) is 0 Å². The predicted molar refractivity (Wildman–Crippen MR) is 65.3 cm³/mol. The first-order chi connectivity index (χ1) is 7.56. The molecule has 0 atom stereocenters. The Balaban J connectivity index is 2.64. The summed E-state index contributed by atoms with van der Waals surface area (Å²) < 4.78 is 7.00. The third kappa shape index (κ3) is 3.32. The van der Waals surface area contributed by atoms with Gasteiger partial charge in [0.15, 0.2) is 0 Å². The highest BCUT2D eigenvalue weighted by molar-refractivity contribution is 5.24. The lowest BCUT2D eigenvalue weighted by Gasteiger charge is -2.08. The van der Waals surface area contributed by atoms with Gasteiger partial charge in [-0.15, -0.1) is 0 Å². The third-order valence-electron chi connectivity index (χ3n) is 2.64. The van der Waals surface area contributed by atoms with Crippen molar-refractivity contribution in [1.29, 1.82) is 0 Å². The zero-order valence-electron chi connectivity index (χ0n) is 11.0. The van der Waals surface area contributed by atoms with Gasteiger partial charge in [-0.05, 0) is 26.3 Å². The number of aryl methyl sites for hydroxylation is 1. The summed E-state index contributed by atoms with van der Waals surface area (Å²) in [5, 5.41) is 7.89. The first-order valence-electron chi connectivity index (χ1n) is 5.78. The van der Waals surface area contributed by atoms with Crippen LogP contribution in [0.5, 0.6) is 0 Å². The van der Waals surface area contributed by atoms with Gasteiger partial charge in [-0.2, -0.15) is 5.10 Å². The number of rotatable bonds is 6. The molecule has 4 nitrogen and oxygen atoms in total. The van der Waals surface area contributed by atoms with Gasteiger partial charge in [0.05, 0.1) is 5.69 Å². The SMILES string of the molecule is COCn1nc(C)c(CNCC(C)C)c1C. The minimum absolute atomic E-state index is 0.525. The Labute approximate surface area is 98.0 Å². The average molecular weight is 225 g/mol. The molecule has 0 radical (unpaired) electrons. The largest absolute Gasteiger partial charge is 0.362 e. The Morgan fingerprint density at radius 2 is 2.06 bits per heavy atom. The molecule has 0 aromatic carbocycles. The van der Waals surface area contributed by atoms with Crippen molar-refractivity contribution in [2.45, 2.75) is 41.0 Å². The molecule has 0 saturated carbocycles. The van der Waals surface area contributed by atoms with E-state index in [1.807, 2.05) is 11.6 Å². The fourth-order valence-corrected chi connectivity index (χ4v) is 1.72. The molecule has 1 aromatic heterocycles. The van der Waals surface area contributed by atoms with Crippen LogP contribution in [0.1, 0.15) is 30.8 Å². The van der Waals surface area contributed by atoms with Crippen LogP contribution in [-0.2, 0) is 18.0 Å². The summed E-state index contributed by atoms with van der Waals surface area (Å²) >= 11 is 0. The molecular weight excluding hydrogens is 202 g/mol. The summed E-state index contributed by atoms with van der Waals surface area (Å²) in [6.45, 7) is 11.0. The lowest BCUT2D eigenvalue weighted by molar-refractivity contribution is 0.118. The number of aromatic nitrogens is 2. The fourth-order valence-electron chi connectivity index (χ4n) is 1.72. The lowest BCUT2D eigenvalue weighted by Crippen LogP contribution is -2.19. The summed E-state index contributed by atoms with van der Waals surface area (Å²) in [5.41, 5.74) is 3.57.